The van der Waals surface area contributed by atoms with Gasteiger partial charge in [-0.2, -0.15) is 0 Å². The molecule has 48 heavy (non-hydrogen) atoms. The molecule has 0 bridgehead atoms. The number of ether oxygens (including phenoxy) is 1. The molecule has 3 aromatic carbocycles. The first-order valence-corrected chi connectivity index (χ1v) is 18.8. The molecule has 0 fully saturated rings. The van der Waals surface area contributed by atoms with Crippen LogP contribution >= 0.6 is 0 Å². The molecule has 1 aromatic heterocycles. The number of carbonyl (C=O) groups is 1. The van der Waals surface area contributed by atoms with Gasteiger partial charge in [0.15, 0.2) is 0 Å². The number of aryl methyl sites for hydroxylation is 1. The molecule has 4 rings (SSSR count). The number of carbonyl (C=O) groups excluding carboxylic acids is 1. The lowest BCUT2D eigenvalue weighted by molar-refractivity contribution is -0.116. The van der Waals surface area contributed by atoms with E-state index in [-0.39, 0.29) is 5.91 Å². The molecule has 258 valence electrons. The van der Waals surface area contributed by atoms with E-state index in [1.807, 2.05) is 78.6 Å². The van der Waals surface area contributed by atoms with Crippen LogP contribution in [0.3, 0.4) is 0 Å². The van der Waals surface area contributed by atoms with Gasteiger partial charge >= 0.3 is 0 Å². The van der Waals surface area contributed by atoms with Gasteiger partial charge in [-0.25, -0.2) is 4.98 Å². The van der Waals surface area contributed by atoms with E-state index in [0.29, 0.717) is 6.54 Å². The molecule has 0 aliphatic carbocycles. The minimum absolute atomic E-state index is 0.0113. The van der Waals surface area contributed by atoms with Gasteiger partial charge in [-0.05, 0) is 37.1 Å². The first-order chi connectivity index (χ1) is 23.6. The molecule has 5 heteroatoms. The minimum atomic E-state index is -0.0113. The topological polar surface area (TPSA) is 58.2 Å². The summed E-state index contributed by atoms with van der Waals surface area (Å²) in [5, 5.41) is 0. The molecule has 0 unspecified atom stereocenters. The molecular weight excluding hydrogens is 590 g/mol. The SMILES string of the molecule is CCCCCCCCCCCCCCCCCCOc1ccc(CN(C(C)=O)c2ccccc2-c2nc(-c3ccccc3)[nH]c2C)cc1. The molecule has 1 amide bonds. The number of rotatable bonds is 23. The number of para-hydroxylation sites is 1. The summed E-state index contributed by atoms with van der Waals surface area (Å²) in [6.07, 6.45) is 21.9. The third kappa shape index (κ3) is 12.3. The fraction of sp³-hybridized carbons (Fsp3) is 0.488. The van der Waals surface area contributed by atoms with Crippen LogP contribution in [0.25, 0.3) is 22.6 Å². The van der Waals surface area contributed by atoms with E-state index in [1.54, 1.807) is 6.92 Å². The summed E-state index contributed by atoms with van der Waals surface area (Å²) in [7, 11) is 0. The van der Waals surface area contributed by atoms with E-state index in [9.17, 15) is 4.79 Å². The summed E-state index contributed by atoms with van der Waals surface area (Å²) < 4.78 is 6.05. The zero-order valence-electron chi connectivity index (χ0n) is 29.9. The predicted octanol–water partition coefficient (Wildman–Crippen LogP) is 12.2. The van der Waals surface area contributed by atoms with E-state index in [1.165, 1.54) is 96.3 Å². The number of benzene rings is 3. The third-order valence-corrected chi connectivity index (χ3v) is 9.29. The summed E-state index contributed by atoms with van der Waals surface area (Å²) in [6.45, 7) is 7.16. The number of unbranched alkanes of at least 4 members (excludes halogenated alkanes) is 15. The monoisotopic (exact) mass is 649 g/mol. The molecule has 0 saturated heterocycles. The van der Waals surface area contributed by atoms with Crippen molar-refractivity contribution >= 4 is 11.6 Å². The standard InChI is InChI=1S/C43H59N3O2/c1-4-5-6-7-8-9-10-11-12-13-14-15-16-17-18-24-33-48-39-31-29-37(30-32-39)34-46(36(3)47)41-28-23-22-27-40(41)42-35(2)44-43(45-42)38-25-20-19-21-26-38/h19-23,25-32H,4-18,24,33-34H2,1-3H3,(H,44,45). The van der Waals surface area contributed by atoms with Crippen LogP contribution in [-0.2, 0) is 11.3 Å². The zero-order chi connectivity index (χ0) is 33.8. The van der Waals surface area contributed by atoms with Gasteiger partial charge in [0.25, 0.3) is 0 Å². The Hall–Kier alpha value is -3.86. The smallest absolute Gasteiger partial charge is 0.224 e. The summed E-state index contributed by atoms with van der Waals surface area (Å²) in [5.74, 6) is 1.69. The quantitative estimate of drug-likeness (QED) is 0.0813. The van der Waals surface area contributed by atoms with Crippen LogP contribution in [0.4, 0.5) is 5.69 Å². The highest BCUT2D eigenvalue weighted by Gasteiger charge is 2.20. The second kappa shape index (κ2) is 21.2. The first kappa shape index (κ1) is 37.0. The third-order valence-electron chi connectivity index (χ3n) is 9.29. The van der Waals surface area contributed by atoms with Gasteiger partial charge in [0.2, 0.25) is 5.91 Å². The maximum absolute atomic E-state index is 13.0. The number of hydrogen-bond acceptors (Lipinski definition) is 3. The van der Waals surface area contributed by atoms with E-state index in [0.717, 1.165) is 58.4 Å². The maximum Gasteiger partial charge on any atom is 0.224 e. The van der Waals surface area contributed by atoms with Gasteiger partial charge in [-0.15, -0.1) is 0 Å². The highest BCUT2D eigenvalue weighted by Crippen LogP contribution is 2.34. The summed E-state index contributed by atoms with van der Waals surface area (Å²) >= 11 is 0. The molecule has 0 atom stereocenters. The largest absolute Gasteiger partial charge is 0.494 e. The number of nitrogens with one attached hydrogen (secondary N) is 1. The summed E-state index contributed by atoms with van der Waals surface area (Å²) in [4.78, 5) is 23.2. The van der Waals surface area contributed by atoms with E-state index in [4.69, 9.17) is 9.72 Å². The first-order valence-electron chi connectivity index (χ1n) is 18.8. The fourth-order valence-corrected chi connectivity index (χ4v) is 6.44. The Labute approximate surface area is 290 Å². The molecule has 5 nitrogen and oxygen atoms in total. The van der Waals surface area contributed by atoms with Gasteiger partial charge < -0.3 is 14.6 Å². The van der Waals surface area contributed by atoms with E-state index in [2.05, 4.69) is 24.0 Å². The van der Waals surface area contributed by atoms with Crippen molar-refractivity contribution in [1.82, 2.24) is 9.97 Å². The highest BCUT2D eigenvalue weighted by atomic mass is 16.5. The van der Waals surface area contributed by atoms with Crippen molar-refractivity contribution in [1.29, 1.82) is 0 Å². The molecule has 1 N–H and O–H groups in total. The molecule has 0 saturated carbocycles. The number of nitrogens with zero attached hydrogens (tertiary/aromatic N) is 2. The molecule has 4 aromatic rings. The fourth-order valence-electron chi connectivity index (χ4n) is 6.44. The highest BCUT2D eigenvalue weighted by molar-refractivity contribution is 5.96. The number of amides is 1. The van der Waals surface area contributed by atoms with Gasteiger partial charge in [-0.3, -0.25) is 4.79 Å². The average Bonchev–Trinajstić information content (AvgIpc) is 3.50. The minimum Gasteiger partial charge on any atom is -0.494 e. The van der Waals surface area contributed by atoms with Crippen molar-refractivity contribution in [3.05, 3.63) is 90.1 Å². The van der Waals surface area contributed by atoms with Crippen molar-refractivity contribution in [3.8, 4) is 28.4 Å². The van der Waals surface area contributed by atoms with Crippen LogP contribution < -0.4 is 9.64 Å². The van der Waals surface area contributed by atoms with Crippen molar-refractivity contribution in [2.45, 2.75) is 130 Å². The maximum atomic E-state index is 13.0. The Balaban J connectivity index is 1.16. The number of imidazole rings is 1. The van der Waals surface area contributed by atoms with Gasteiger partial charge in [-0.1, -0.05) is 164 Å². The Kier molecular flexibility index (Phi) is 16.3. The average molecular weight is 650 g/mol. The lowest BCUT2D eigenvalue weighted by atomic mass is 10.0. The van der Waals surface area contributed by atoms with Crippen LogP contribution in [0, 0.1) is 6.92 Å². The number of anilines is 1. The second-order valence-electron chi connectivity index (χ2n) is 13.3. The molecule has 0 aliphatic rings. The van der Waals surface area contributed by atoms with Crippen LogP contribution in [0.5, 0.6) is 5.75 Å². The normalized spacial score (nSPS) is 11.1. The molecule has 0 spiro atoms. The summed E-state index contributed by atoms with van der Waals surface area (Å²) in [6, 6.07) is 26.3. The van der Waals surface area contributed by atoms with Crippen molar-refractivity contribution in [3.63, 3.8) is 0 Å². The summed E-state index contributed by atoms with van der Waals surface area (Å²) in [5.41, 5.74) is 5.69. The van der Waals surface area contributed by atoms with E-state index >= 15 is 0 Å². The Morgan fingerprint density at radius 2 is 1.23 bits per heavy atom. The second-order valence-corrected chi connectivity index (χ2v) is 13.3. The lowest BCUT2D eigenvalue weighted by Crippen LogP contribution is -2.28. The van der Waals surface area contributed by atoms with Gasteiger partial charge in [0.1, 0.15) is 11.6 Å². The zero-order valence-corrected chi connectivity index (χ0v) is 29.9. The number of aromatic amines is 1. The van der Waals surface area contributed by atoms with Crippen LogP contribution in [0.2, 0.25) is 0 Å². The number of H-pyrrole nitrogens is 1. The van der Waals surface area contributed by atoms with Crippen molar-refractivity contribution in [2.75, 3.05) is 11.5 Å². The van der Waals surface area contributed by atoms with Crippen LogP contribution in [0.1, 0.15) is 128 Å². The molecule has 0 radical (unpaired) electrons. The molecule has 0 aliphatic heterocycles. The Bertz CT molecular complexity index is 1460. The predicted molar refractivity (Wildman–Crippen MR) is 203 cm³/mol. The van der Waals surface area contributed by atoms with Gasteiger partial charge in [0.05, 0.1) is 24.5 Å². The van der Waals surface area contributed by atoms with Crippen LogP contribution in [-0.4, -0.2) is 22.5 Å². The van der Waals surface area contributed by atoms with Gasteiger partial charge in [0, 0.05) is 23.7 Å². The Morgan fingerprint density at radius 3 is 1.81 bits per heavy atom. The Morgan fingerprint density at radius 1 is 0.688 bits per heavy atom. The van der Waals surface area contributed by atoms with Crippen molar-refractivity contribution in [2.24, 2.45) is 0 Å². The van der Waals surface area contributed by atoms with Crippen molar-refractivity contribution < 1.29 is 9.53 Å². The number of aromatic nitrogens is 2. The molecule has 1 heterocycles. The molecular formula is C43H59N3O2. The van der Waals surface area contributed by atoms with E-state index < -0.39 is 0 Å². The number of hydrogen-bond donors (Lipinski definition) is 1. The van der Waals surface area contributed by atoms with Crippen LogP contribution in [0.15, 0.2) is 78.9 Å². The lowest BCUT2D eigenvalue weighted by Gasteiger charge is -2.24.